The molecule has 0 saturated carbocycles. The molecule has 0 saturated heterocycles. The zero-order chi connectivity index (χ0) is 42.9. The molecule has 2 aliphatic rings. The molecule has 4 aromatic carbocycles. The van der Waals surface area contributed by atoms with Crippen LogP contribution in [-0.4, -0.2) is 36.0 Å². The molecular weight excluding hydrogens is 796 g/mol. The van der Waals surface area contributed by atoms with Crippen LogP contribution in [0.25, 0.3) is 89.4 Å². The van der Waals surface area contributed by atoms with Gasteiger partial charge in [-0.05, 0) is 56.0 Å². The van der Waals surface area contributed by atoms with Gasteiger partial charge in [0, 0.05) is 40.5 Å². The van der Waals surface area contributed by atoms with E-state index in [0.717, 1.165) is 73.8 Å². The topological polar surface area (TPSA) is 130 Å². The molecule has 0 aliphatic carbocycles. The molecule has 3 aromatic heterocycles. The van der Waals surface area contributed by atoms with Crippen LogP contribution in [0.2, 0.25) is 0 Å². The molecule has 306 valence electrons. The Bertz CT molecular complexity index is 2370. The molecule has 0 amide bonds. The monoisotopic (exact) mass is 851 g/mol. The normalized spacial score (nSPS) is 11.0. The SMILES string of the molecule is CC(=O)O.CC(C)(C)C.CCC(C)C.CCC(C)C.[Zn+2].c1ccc2c(c1)-c1cc3[n-]c(nc4nc(nc5[n-]c(nc-2n1)c1ccccc51)-c1ccccc1-4)c1ccccc31. The largest absolute Gasteiger partial charge is 2.00 e. The summed E-state index contributed by atoms with van der Waals surface area (Å²) in [4.78, 5) is 43.7. The van der Waals surface area contributed by atoms with Crippen LogP contribution < -0.4 is 9.97 Å². The number of carboxylic acids is 1. The number of nitrogens with zero attached hydrogens (tertiary/aromatic N) is 7. The number of benzene rings is 4. The maximum Gasteiger partial charge on any atom is 2.00 e. The Morgan fingerprint density at radius 2 is 0.850 bits per heavy atom. The van der Waals surface area contributed by atoms with Crippen LogP contribution in [0.1, 0.15) is 89.0 Å². The van der Waals surface area contributed by atoms with E-state index < -0.39 is 5.97 Å². The van der Waals surface area contributed by atoms with Crippen LogP contribution in [0.5, 0.6) is 0 Å². The first-order valence-electron chi connectivity index (χ1n) is 20.5. The summed E-state index contributed by atoms with van der Waals surface area (Å²) >= 11 is 0. The number of hydrogen-bond acceptors (Lipinski definition) is 6. The molecule has 0 spiro atoms. The number of rotatable bonds is 2. The maximum absolute atomic E-state index is 9.00. The van der Waals surface area contributed by atoms with Crippen LogP contribution >= 0.6 is 0 Å². The number of carboxylic acid groups (broad SMARTS) is 1. The fourth-order valence-corrected chi connectivity index (χ4v) is 5.62. The molecule has 8 bridgehead atoms. The van der Waals surface area contributed by atoms with Gasteiger partial charge in [-0.3, -0.25) is 4.79 Å². The van der Waals surface area contributed by atoms with Crippen LogP contribution in [0.4, 0.5) is 0 Å². The molecule has 2 aliphatic heterocycles. The van der Waals surface area contributed by atoms with Gasteiger partial charge in [0.2, 0.25) is 0 Å². The Labute approximate surface area is 367 Å². The van der Waals surface area contributed by atoms with E-state index in [0.29, 0.717) is 39.8 Å². The van der Waals surface area contributed by atoms with Crippen molar-refractivity contribution in [3.8, 4) is 45.4 Å². The molecule has 60 heavy (non-hydrogen) atoms. The van der Waals surface area contributed by atoms with Crippen molar-refractivity contribution in [2.75, 3.05) is 0 Å². The van der Waals surface area contributed by atoms with Crippen molar-refractivity contribution in [1.82, 2.24) is 34.9 Å². The summed E-state index contributed by atoms with van der Waals surface area (Å²) < 4.78 is 0. The predicted octanol–water partition coefficient (Wildman–Crippen LogP) is 13.0. The Morgan fingerprint density at radius 1 is 0.550 bits per heavy atom. The third-order valence-corrected chi connectivity index (χ3v) is 9.12. The van der Waals surface area contributed by atoms with Crippen molar-refractivity contribution >= 4 is 50.0 Å². The maximum atomic E-state index is 9.00. The minimum absolute atomic E-state index is 0. The minimum atomic E-state index is -0.833. The number of fused-ring (bicyclic) bond motifs is 20. The molecule has 9 rings (SSSR count). The van der Waals surface area contributed by atoms with Gasteiger partial charge in [0.15, 0.2) is 0 Å². The van der Waals surface area contributed by atoms with Gasteiger partial charge in [-0.25, -0.2) is 9.97 Å². The second-order valence-corrected chi connectivity index (χ2v) is 16.9. The summed E-state index contributed by atoms with van der Waals surface area (Å²) in [5.41, 5.74) is 7.65. The van der Waals surface area contributed by atoms with Crippen molar-refractivity contribution in [2.24, 2.45) is 17.3 Å². The average Bonchev–Trinajstić information content (AvgIpc) is 3.93. The van der Waals surface area contributed by atoms with E-state index in [9.17, 15) is 0 Å². The Hall–Kier alpha value is -5.60. The third-order valence-electron chi connectivity index (χ3n) is 9.12. The summed E-state index contributed by atoms with van der Waals surface area (Å²) in [7, 11) is 0. The number of aliphatic carboxylic acids is 1. The van der Waals surface area contributed by atoms with Gasteiger partial charge in [-0.1, -0.05) is 179 Å². The molecule has 7 aromatic rings. The number of hydrogen-bond donors (Lipinski definition) is 1. The Kier molecular flexibility index (Phi) is 16.5. The number of carbonyl (C=O) groups is 1. The van der Waals surface area contributed by atoms with Crippen LogP contribution in [-0.2, 0) is 24.3 Å². The van der Waals surface area contributed by atoms with Crippen molar-refractivity contribution in [1.29, 1.82) is 0 Å². The predicted molar refractivity (Wildman–Crippen MR) is 245 cm³/mol. The standard InChI is InChI=1S/C33H17N7.3C5H12.C2H4O2.Zn/c1-3-11-20-18(9-1)26-17-27-19-10-2-4-12-21(19)29(35-27)37-31-23-14-6-8-16-25(23)33(39-31)40-32-24-15-7-5-13-22(24)30(38-32)36-28(20)34-26;1-5(2,3)4;2*1-4-5(2)3;1-2(3)4;/h1-17H;1-4H3;2*5H,4H2,1-3H3;1H3,(H,3,4);/q-2;;;;;+2. The van der Waals surface area contributed by atoms with E-state index >= 15 is 0 Å². The zero-order valence-electron chi connectivity index (χ0n) is 37.1. The first-order chi connectivity index (χ1) is 28.1. The summed E-state index contributed by atoms with van der Waals surface area (Å²) in [6, 6.07) is 34.3. The molecule has 10 heteroatoms. The van der Waals surface area contributed by atoms with Crippen molar-refractivity contribution in [3.63, 3.8) is 0 Å². The average molecular weight is 853 g/mol. The van der Waals surface area contributed by atoms with E-state index in [1.165, 1.54) is 12.8 Å². The van der Waals surface area contributed by atoms with Gasteiger partial charge in [0.1, 0.15) is 0 Å². The molecule has 0 radical (unpaired) electrons. The first-order valence-corrected chi connectivity index (χ1v) is 20.5. The smallest absolute Gasteiger partial charge is 0.481 e. The van der Waals surface area contributed by atoms with E-state index in [1.54, 1.807) is 0 Å². The molecule has 1 N–H and O–H groups in total. The third kappa shape index (κ3) is 12.2. The van der Waals surface area contributed by atoms with E-state index in [4.69, 9.17) is 44.8 Å². The Balaban J connectivity index is 0.000000337. The number of aromatic nitrogens is 7. The fourth-order valence-electron chi connectivity index (χ4n) is 5.62. The first kappa shape index (κ1) is 47.1. The van der Waals surface area contributed by atoms with E-state index in [-0.39, 0.29) is 19.5 Å². The van der Waals surface area contributed by atoms with Gasteiger partial charge in [0.25, 0.3) is 5.97 Å². The molecule has 5 heterocycles. The van der Waals surface area contributed by atoms with E-state index in [1.807, 2.05) is 91.0 Å². The van der Waals surface area contributed by atoms with Crippen LogP contribution in [0.3, 0.4) is 0 Å². The zero-order valence-corrected chi connectivity index (χ0v) is 40.0. The summed E-state index contributed by atoms with van der Waals surface area (Å²) in [6.45, 7) is 23.1. The van der Waals surface area contributed by atoms with Gasteiger partial charge >= 0.3 is 19.5 Å². The second-order valence-electron chi connectivity index (χ2n) is 16.9. The molecule has 0 fully saturated rings. The molecule has 0 atom stereocenters. The van der Waals surface area contributed by atoms with Crippen LogP contribution in [0.15, 0.2) is 103 Å². The molecule has 9 nitrogen and oxygen atoms in total. The molecule has 0 unspecified atom stereocenters. The van der Waals surface area contributed by atoms with Gasteiger partial charge < -0.3 is 30.0 Å². The quantitative estimate of drug-likeness (QED) is 0.169. The minimum Gasteiger partial charge on any atom is -0.481 e. The van der Waals surface area contributed by atoms with Crippen molar-refractivity contribution < 1.29 is 29.4 Å². The summed E-state index contributed by atoms with van der Waals surface area (Å²) in [5, 5.41) is 11.2. The van der Waals surface area contributed by atoms with Crippen LogP contribution in [0, 0.1) is 17.3 Å². The van der Waals surface area contributed by atoms with Crippen molar-refractivity contribution in [3.05, 3.63) is 103 Å². The summed E-state index contributed by atoms with van der Waals surface area (Å²) in [6.07, 6.45) is 2.61. The fraction of sp³-hybridized carbons (Fsp3) is 0.320. The van der Waals surface area contributed by atoms with Gasteiger partial charge in [0.05, 0.1) is 23.2 Å². The van der Waals surface area contributed by atoms with Crippen molar-refractivity contribution in [2.45, 2.75) is 89.0 Å². The van der Waals surface area contributed by atoms with Gasteiger partial charge in [-0.15, -0.1) is 0 Å². The van der Waals surface area contributed by atoms with E-state index in [2.05, 4.69) is 81.4 Å². The Morgan fingerprint density at radius 3 is 1.25 bits per heavy atom. The van der Waals surface area contributed by atoms with Gasteiger partial charge in [-0.2, -0.15) is 0 Å². The summed E-state index contributed by atoms with van der Waals surface area (Å²) in [5.74, 6) is 2.70. The molecular formula is C50H57N7O2Zn. The second kappa shape index (κ2) is 21.1.